The molecule has 18 heavy (non-hydrogen) atoms. The van der Waals surface area contributed by atoms with Crippen molar-refractivity contribution in [3.8, 4) is 0 Å². The molecule has 0 aromatic rings. The van der Waals surface area contributed by atoms with E-state index in [0.29, 0.717) is 13.2 Å². The van der Waals surface area contributed by atoms with Gasteiger partial charge in [-0.25, -0.2) is 0 Å². The summed E-state index contributed by atoms with van der Waals surface area (Å²) in [5, 5.41) is 10.3. The van der Waals surface area contributed by atoms with E-state index in [9.17, 15) is 0 Å². The van der Waals surface area contributed by atoms with Crippen molar-refractivity contribution in [2.75, 3.05) is 72.2 Å². The topological polar surface area (TPSA) is 57.8 Å². The van der Waals surface area contributed by atoms with Crippen LogP contribution in [0.3, 0.4) is 0 Å². The first-order valence-electron chi connectivity index (χ1n) is 7.02. The molecule has 2 aliphatic heterocycles. The Kier molecular flexibility index (Phi) is 6.92. The number of nitrogens with one attached hydrogen (secondary N) is 3. The summed E-state index contributed by atoms with van der Waals surface area (Å²) in [6, 6.07) is 0. The van der Waals surface area contributed by atoms with E-state index in [1.165, 1.54) is 0 Å². The molecule has 2 rings (SSSR count). The minimum atomic E-state index is 0.128. The van der Waals surface area contributed by atoms with Crippen molar-refractivity contribution in [3.05, 3.63) is 0 Å². The third kappa shape index (κ3) is 5.17. The number of nitrogens with zero attached hydrogens (tertiary/aromatic N) is 1. The fourth-order valence-corrected chi connectivity index (χ4v) is 2.26. The summed E-state index contributed by atoms with van der Waals surface area (Å²) in [7, 11) is 0. The number of hydrogen-bond acceptors (Lipinski definition) is 6. The third-order valence-electron chi connectivity index (χ3n) is 3.31. The summed E-state index contributed by atoms with van der Waals surface area (Å²) in [5.41, 5.74) is 0. The van der Waals surface area contributed by atoms with Crippen molar-refractivity contribution >= 4 is 0 Å². The second kappa shape index (κ2) is 8.79. The van der Waals surface area contributed by atoms with Crippen LogP contribution < -0.4 is 16.0 Å². The van der Waals surface area contributed by atoms with Crippen LogP contribution in [-0.4, -0.2) is 83.3 Å². The molecule has 2 heterocycles. The predicted molar refractivity (Wildman–Crippen MR) is 70.7 cm³/mol. The van der Waals surface area contributed by atoms with Crippen LogP contribution in [-0.2, 0) is 9.47 Å². The molecule has 2 saturated heterocycles. The van der Waals surface area contributed by atoms with Crippen LogP contribution >= 0.6 is 0 Å². The molecule has 0 amide bonds. The van der Waals surface area contributed by atoms with Gasteiger partial charge in [-0.3, -0.25) is 4.90 Å². The van der Waals surface area contributed by atoms with E-state index in [-0.39, 0.29) is 6.23 Å². The van der Waals surface area contributed by atoms with E-state index in [1.807, 2.05) is 0 Å². The lowest BCUT2D eigenvalue weighted by Gasteiger charge is -2.34. The molecule has 0 bridgehead atoms. The van der Waals surface area contributed by atoms with E-state index in [4.69, 9.17) is 9.47 Å². The lowest BCUT2D eigenvalue weighted by molar-refractivity contribution is -0.153. The minimum Gasteiger partial charge on any atom is -0.375 e. The van der Waals surface area contributed by atoms with Gasteiger partial charge in [0.15, 0.2) is 0 Å². The highest BCUT2D eigenvalue weighted by Crippen LogP contribution is 2.06. The largest absolute Gasteiger partial charge is 0.375 e. The maximum atomic E-state index is 5.77. The van der Waals surface area contributed by atoms with Crippen molar-refractivity contribution in [2.24, 2.45) is 0 Å². The van der Waals surface area contributed by atoms with E-state index < -0.39 is 0 Å². The molecular formula is C12H26N4O2. The Morgan fingerprint density at radius 1 is 0.778 bits per heavy atom. The zero-order valence-corrected chi connectivity index (χ0v) is 11.1. The molecule has 1 unspecified atom stereocenters. The van der Waals surface area contributed by atoms with Gasteiger partial charge >= 0.3 is 0 Å². The molecule has 106 valence electrons. The molecule has 0 aromatic heterocycles. The number of ether oxygens (including phenoxy) is 2. The van der Waals surface area contributed by atoms with Gasteiger partial charge in [0.05, 0.1) is 19.8 Å². The molecule has 2 fully saturated rings. The number of rotatable bonds is 1. The fourth-order valence-electron chi connectivity index (χ4n) is 2.26. The molecular weight excluding hydrogens is 232 g/mol. The molecule has 0 aromatic carbocycles. The van der Waals surface area contributed by atoms with E-state index in [2.05, 4.69) is 20.9 Å². The van der Waals surface area contributed by atoms with E-state index in [0.717, 1.165) is 59.0 Å². The Balaban J connectivity index is 1.76. The summed E-state index contributed by atoms with van der Waals surface area (Å²) in [5.74, 6) is 0. The SMILES string of the molecule is C1CNCCN(C2COCCO2)CCNCCN1. The van der Waals surface area contributed by atoms with Gasteiger partial charge in [0, 0.05) is 52.4 Å². The van der Waals surface area contributed by atoms with Crippen LogP contribution in [0.2, 0.25) is 0 Å². The van der Waals surface area contributed by atoms with Crippen molar-refractivity contribution in [3.63, 3.8) is 0 Å². The van der Waals surface area contributed by atoms with Gasteiger partial charge in [-0.2, -0.15) is 0 Å². The molecule has 0 saturated carbocycles. The van der Waals surface area contributed by atoms with Gasteiger partial charge in [0.1, 0.15) is 6.23 Å². The molecule has 6 heteroatoms. The van der Waals surface area contributed by atoms with Crippen molar-refractivity contribution in [1.82, 2.24) is 20.9 Å². The van der Waals surface area contributed by atoms with Crippen molar-refractivity contribution in [1.29, 1.82) is 0 Å². The summed E-state index contributed by atoms with van der Waals surface area (Å²) < 4.78 is 11.3. The predicted octanol–water partition coefficient (Wildman–Crippen LogP) is -1.56. The first-order valence-corrected chi connectivity index (χ1v) is 7.02. The highest BCUT2D eigenvalue weighted by atomic mass is 16.6. The molecule has 0 radical (unpaired) electrons. The third-order valence-corrected chi connectivity index (χ3v) is 3.31. The Hall–Kier alpha value is -0.240. The zero-order valence-electron chi connectivity index (χ0n) is 11.1. The van der Waals surface area contributed by atoms with E-state index in [1.54, 1.807) is 0 Å². The standard InChI is InChI=1S/C12H26N4O2/c1-3-14-5-7-16(8-6-15-4-2-13-1)12-11-17-9-10-18-12/h12-15H,1-11H2. The van der Waals surface area contributed by atoms with Gasteiger partial charge in [-0.15, -0.1) is 0 Å². The van der Waals surface area contributed by atoms with Gasteiger partial charge in [0.2, 0.25) is 0 Å². The summed E-state index contributed by atoms with van der Waals surface area (Å²) in [6.45, 7) is 10.3. The van der Waals surface area contributed by atoms with Crippen LogP contribution in [0.25, 0.3) is 0 Å². The molecule has 3 N–H and O–H groups in total. The monoisotopic (exact) mass is 258 g/mol. The Bertz CT molecular complexity index is 200. The number of hydrogen-bond donors (Lipinski definition) is 3. The second-order valence-corrected chi connectivity index (χ2v) is 4.69. The smallest absolute Gasteiger partial charge is 0.134 e. The molecule has 2 aliphatic rings. The Labute approximate surface area is 109 Å². The Morgan fingerprint density at radius 3 is 1.94 bits per heavy atom. The Morgan fingerprint density at radius 2 is 1.39 bits per heavy atom. The maximum Gasteiger partial charge on any atom is 0.134 e. The van der Waals surface area contributed by atoms with Gasteiger partial charge in [0.25, 0.3) is 0 Å². The van der Waals surface area contributed by atoms with Gasteiger partial charge in [-0.1, -0.05) is 0 Å². The molecule has 1 atom stereocenters. The van der Waals surface area contributed by atoms with Crippen LogP contribution in [0, 0.1) is 0 Å². The van der Waals surface area contributed by atoms with E-state index >= 15 is 0 Å². The van der Waals surface area contributed by atoms with Crippen molar-refractivity contribution in [2.45, 2.75) is 6.23 Å². The van der Waals surface area contributed by atoms with Crippen LogP contribution in [0.5, 0.6) is 0 Å². The fraction of sp³-hybridized carbons (Fsp3) is 1.00. The first kappa shape index (κ1) is 14.2. The molecule has 0 aliphatic carbocycles. The van der Waals surface area contributed by atoms with Crippen molar-refractivity contribution < 1.29 is 9.47 Å². The van der Waals surface area contributed by atoms with Gasteiger partial charge in [-0.05, 0) is 0 Å². The minimum absolute atomic E-state index is 0.128. The zero-order chi connectivity index (χ0) is 12.5. The van der Waals surface area contributed by atoms with Gasteiger partial charge < -0.3 is 25.4 Å². The normalized spacial score (nSPS) is 30.3. The van der Waals surface area contributed by atoms with Crippen LogP contribution in [0.15, 0.2) is 0 Å². The highest BCUT2D eigenvalue weighted by Gasteiger charge is 2.21. The summed E-state index contributed by atoms with van der Waals surface area (Å²) in [4.78, 5) is 2.37. The lowest BCUT2D eigenvalue weighted by Crippen LogP contribution is -2.50. The maximum absolute atomic E-state index is 5.77. The lowest BCUT2D eigenvalue weighted by atomic mass is 10.3. The molecule has 6 nitrogen and oxygen atoms in total. The average Bonchev–Trinajstić information content (AvgIpc) is 2.40. The average molecular weight is 258 g/mol. The summed E-state index contributed by atoms with van der Waals surface area (Å²) in [6.07, 6.45) is 0.128. The van der Waals surface area contributed by atoms with Crippen LogP contribution in [0.1, 0.15) is 0 Å². The molecule has 0 spiro atoms. The quantitative estimate of drug-likeness (QED) is 0.529. The summed E-state index contributed by atoms with van der Waals surface area (Å²) >= 11 is 0. The highest BCUT2D eigenvalue weighted by molar-refractivity contribution is 4.69. The van der Waals surface area contributed by atoms with Crippen LogP contribution in [0.4, 0.5) is 0 Å². The first-order chi connectivity index (χ1) is 8.97. The second-order valence-electron chi connectivity index (χ2n) is 4.69.